The third kappa shape index (κ3) is 5.20. The maximum atomic E-state index is 3.71. The van der Waals surface area contributed by atoms with Gasteiger partial charge in [-0.05, 0) is 114 Å². The SMILES string of the molecule is C1=Cc2c(c3cc(C4C=CC(c5ccc(-c6c7ccccc7c(-c7ccc8ccccc8c7)c7ccccc67)cc5)=CN4)ccc3n2-c2ccccc2)CN1. The predicted octanol–water partition coefficient (Wildman–Crippen LogP) is 12.7. The number of allylic oxidation sites excluding steroid dienone is 2. The summed E-state index contributed by atoms with van der Waals surface area (Å²) in [6, 6.07) is 60.0. The molecule has 2 aliphatic heterocycles. The first-order valence-corrected chi connectivity index (χ1v) is 19.1. The van der Waals surface area contributed by atoms with Crippen molar-refractivity contribution in [3.63, 3.8) is 0 Å². The summed E-state index contributed by atoms with van der Waals surface area (Å²) in [5.74, 6) is 0. The van der Waals surface area contributed by atoms with Crippen molar-refractivity contribution in [2.24, 2.45) is 0 Å². The predicted molar refractivity (Wildman–Crippen MR) is 232 cm³/mol. The van der Waals surface area contributed by atoms with Crippen LogP contribution >= 0.6 is 0 Å². The zero-order valence-corrected chi connectivity index (χ0v) is 30.2. The number of dihydropyridines is 1. The highest BCUT2D eigenvalue weighted by Crippen LogP contribution is 2.44. The molecule has 11 rings (SSSR count). The van der Waals surface area contributed by atoms with Gasteiger partial charge in [0.25, 0.3) is 0 Å². The van der Waals surface area contributed by atoms with Crippen LogP contribution in [0, 0.1) is 0 Å². The summed E-state index contributed by atoms with van der Waals surface area (Å²) in [6.45, 7) is 0.819. The van der Waals surface area contributed by atoms with Gasteiger partial charge < -0.3 is 15.2 Å². The molecule has 0 aliphatic carbocycles. The van der Waals surface area contributed by atoms with Gasteiger partial charge in [0, 0.05) is 29.4 Å². The summed E-state index contributed by atoms with van der Waals surface area (Å²) in [4.78, 5) is 0. The highest BCUT2D eigenvalue weighted by atomic mass is 15.0. The van der Waals surface area contributed by atoms with Gasteiger partial charge in [0.15, 0.2) is 0 Å². The molecule has 3 heterocycles. The van der Waals surface area contributed by atoms with Crippen molar-refractivity contribution in [1.29, 1.82) is 0 Å². The molecule has 9 aromatic rings. The van der Waals surface area contributed by atoms with Gasteiger partial charge in [-0.25, -0.2) is 0 Å². The van der Waals surface area contributed by atoms with E-state index >= 15 is 0 Å². The number of hydrogen-bond acceptors (Lipinski definition) is 2. The van der Waals surface area contributed by atoms with Gasteiger partial charge in [0.05, 0.1) is 17.3 Å². The molecule has 260 valence electrons. The minimum atomic E-state index is 0.0917. The topological polar surface area (TPSA) is 29.0 Å². The van der Waals surface area contributed by atoms with E-state index < -0.39 is 0 Å². The first kappa shape index (κ1) is 31.4. The molecule has 8 aromatic carbocycles. The summed E-state index contributed by atoms with van der Waals surface area (Å²) in [5, 5.41) is 16.0. The lowest BCUT2D eigenvalue weighted by Crippen LogP contribution is -2.16. The lowest BCUT2D eigenvalue weighted by molar-refractivity contribution is 0.750. The van der Waals surface area contributed by atoms with E-state index in [0.717, 1.165) is 6.54 Å². The average Bonchev–Trinajstić information content (AvgIpc) is 3.59. The maximum absolute atomic E-state index is 3.71. The Hall–Kier alpha value is -7.10. The van der Waals surface area contributed by atoms with Gasteiger partial charge in [-0.2, -0.15) is 0 Å². The molecule has 1 aromatic heterocycles. The molecule has 0 bridgehead atoms. The molecule has 1 unspecified atom stereocenters. The van der Waals surface area contributed by atoms with E-state index in [4.69, 9.17) is 0 Å². The summed E-state index contributed by atoms with van der Waals surface area (Å²) in [5.41, 5.74) is 13.6. The van der Waals surface area contributed by atoms with Gasteiger partial charge in [-0.3, -0.25) is 0 Å². The normalized spacial score (nSPS) is 14.9. The van der Waals surface area contributed by atoms with Crippen LogP contribution in [0.4, 0.5) is 0 Å². The molecule has 3 heteroatoms. The van der Waals surface area contributed by atoms with E-state index in [9.17, 15) is 0 Å². The standard InChI is InChI=1S/C52H37N3/c1-2-12-41(13-3-1)55-49-27-25-38(31-46(49)47-33-53-29-28-50(47)55)48-26-24-40(32-54-48)35-18-21-36(22-19-35)51-42-14-6-8-16-44(42)52(45-17-9-7-15-43(45)51)39-23-20-34-10-4-5-11-37(34)30-39/h1-32,48,53-54H,33H2. The molecular weight excluding hydrogens is 667 g/mol. The van der Waals surface area contributed by atoms with E-state index in [1.807, 2.05) is 0 Å². The number of benzene rings is 8. The fraction of sp³-hybridized carbons (Fsp3) is 0.0385. The average molecular weight is 704 g/mol. The quantitative estimate of drug-likeness (QED) is 0.175. The van der Waals surface area contributed by atoms with E-state index in [0.29, 0.717) is 0 Å². The lowest BCUT2D eigenvalue weighted by Gasteiger charge is -2.20. The molecule has 0 spiro atoms. The van der Waals surface area contributed by atoms with Crippen molar-refractivity contribution in [2.45, 2.75) is 12.6 Å². The molecule has 1 atom stereocenters. The third-order valence-corrected chi connectivity index (χ3v) is 11.5. The Balaban J connectivity index is 0.922. The second kappa shape index (κ2) is 12.8. The highest BCUT2D eigenvalue weighted by Gasteiger charge is 2.21. The number of hydrogen-bond donors (Lipinski definition) is 2. The van der Waals surface area contributed by atoms with Crippen LogP contribution < -0.4 is 10.6 Å². The summed E-state index contributed by atoms with van der Waals surface area (Å²) in [6.07, 6.45) is 11.0. The molecular formula is C52H37N3. The van der Waals surface area contributed by atoms with Gasteiger partial charge in [-0.1, -0.05) is 146 Å². The maximum Gasteiger partial charge on any atom is 0.0696 e. The number of rotatable bonds is 5. The first-order chi connectivity index (χ1) is 27.3. The van der Waals surface area contributed by atoms with E-state index in [1.165, 1.54) is 99.1 Å². The number of aromatic nitrogens is 1. The number of para-hydroxylation sites is 1. The van der Waals surface area contributed by atoms with Crippen LogP contribution in [0.25, 0.3) is 82.8 Å². The van der Waals surface area contributed by atoms with Crippen LogP contribution in [0.1, 0.15) is 28.4 Å². The van der Waals surface area contributed by atoms with Crippen molar-refractivity contribution in [3.05, 3.63) is 211 Å². The monoisotopic (exact) mass is 703 g/mol. The number of nitrogens with one attached hydrogen (secondary N) is 2. The van der Waals surface area contributed by atoms with Gasteiger partial charge in [0.1, 0.15) is 0 Å². The van der Waals surface area contributed by atoms with Gasteiger partial charge >= 0.3 is 0 Å². The Morgan fingerprint density at radius 2 is 1.15 bits per heavy atom. The van der Waals surface area contributed by atoms with Gasteiger partial charge in [0.2, 0.25) is 0 Å². The molecule has 2 N–H and O–H groups in total. The Labute approximate surface area is 320 Å². The Morgan fingerprint density at radius 1 is 0.509 bits per heavy atom. The molecule has 0 saturated carbocycles. The second-order valence-electron chi connectivity index (χ2n) is 14.6. The summed E-state index contributed by atoms with van der Waals surface area (Å²) < 4.78 is 2.38. The van der Waals surface area contributed by atoms with Crippen molar-refractivity contribution in [1.82, 2.24) is 15.2 Å². The fourth-order valence-electron chi connectivity index (χ4n) is 8.90. The van der Waals surface area contributed by atoms with E-state index in [1.54, 1.807) is 0 Å². The fourth-order valence-corrected chi connectivity index (χ4v) is 8.90. The Bertz CT molecular complexity index is 3000. The zero-order valence-electron chi connectivity index (χ0n) is 30.2. The van der Waals surface area contributed by atoms with Crippen molar-refractivity contribution < 1.29 is 0 Å². The van der Waals surface area contributed by atoms with Crippen LogP contribution in [0.15, 0.2) is 188 Å². The van der Waals surface area contributed by atoms with Crippen LogP contribution in [-0.2, 0) is 6.54 Å². The zero-order chi connectivity index (χ0) is 36.3. The number of nitrogens with zero attached hydrogens (tertiary/aromatic N) is 1. The minimum absolute atomic E-state index is 0.0917. The molecule has 0 saturated heterocycles. The number of fused-ring (bicyclic) bond motifs is 6. The van der Waals surface area contributed by atoms with E-state index in [2.05, 4.69) is 210 Å². The van der Waals surface area contributed by atoms with Gasteiger partial charge in [-0.15, -0.1) is 0 Å². The molecule has 0 radical (unpaired) electrons. The van der Waals surface area contributed by atoms with Crippen LogP contribution in [0.5, 0.6) is 0 Å². The van der Waals surface area contributed by atoms with Crippen LogP contribution in [0.3, 0.4) is 0 Å². The molecule has 3 nitrogen and oxygen atoms in total. The minimum Gasteiger partial charge on any atom is -0.387 e. The van der Waals surface area contributed by atoms with Crippen LogP contribution in [0.2, 0.25) is 0 Å². The molecule has 55 heavy (non-hydrogen) atoms. The smallest absolute Gasteiger partial charge is 0.0696 e. The largest absolute Gasteiger partial charge is 0.387 e. The Kier molecular flexibility index (Phi) is 7.31. The van der Waals surface area contributed by atoms with Crippen LogP contribution in [-0.4, -0.2) is 4.57 Å². The molecule has 0 fully saturated rings. The Morgan fingerprint density at radius 3 is 1.85 bits per heavy atom. The summed E-state index contributed by atoms with van der Waals surface area (Å²) in [7, 11) is 0. The molecule has 2 aliphatic rings. The third-order valence-electron chi connectivity index (χ3n) is 11.5. The molecule has 0 amide bonds. The van der Waals surface area contributed by atoms with Crippen molar-refractivity contribution in [3.8, 4) is 27.9 Å². The first-order valence-electron chi connectivity index (χ1n) is 19.1. The lowest BCUT2D eigenvalue weighted by atomic mass is 9.85. The second-order valence-corrected chi connectivity index (χ2v) is 14.6. The van der Waals surface area contributed by atoms with Crippen molar-refractivity contribution in [2.75, 3.05) is 0 Å². The van der Waals surface area contributed by atoms with Crippen molar-refractivity contribution >= 4 is 54.9 Å². The summed E-state index contributed by atoms with van der Waals surface area (Å²) >= 11 is 0. The van der Waals surface area contributed by atoms with E-state index in [-0.39, 0.29) is 6.04 Å². The highest BCUT2D eigenvalue weighted by molar-refractivity contribution is 6.21.